The van der Waals surface area contributed by atoms with E-state index in [0.29, 0.717) is 0 Å². The summed E-state index contributed by atoms with van der Waals surface area (Å²) in [5.74, 6) is 0. The van der Waals surface area contributed by atoms with Gasteiger partial charge in [-0.2, -0.15) is 0 Å². The van der Waals surface area contributed by atoms with Crippen molar-refractivity contribution in [1.82, 2.24) is 0 Å². The molecule has 15 rings (SSSR count). The van der Waals surface area contributed by atoms with Gasteiger partial charge in [-0.15, -0.1) is 0 Å². The number of rotatable bonds is 9. The Morgan fingerprint density at radius 2 is 0.870 bits per heavy atom. The van der Waals surface area contributed by atoms with Crippen molar-refractivity contribution in [2.45, 2.75) is 31.6 Å². The average molecular weight is 989 g/mol. The minimum atomic E-state index is -0.577. The molecular weight excluding hydrogens is 937 g/mol. The van der Waals surface area contributed by atoms with E-state index >= 15 is 0 Å². The summed E-state index contributed by atoms with van der Waals surface area (Å²) in [4.78, 5) is 4.71. The Kier molecular flexibility index (Phi) is 9.86. The van der Waals surface area contributed by atoms with Gasteiger partial charge in [0.05, 0.1) is 17.1 Å². The van der Waals surface area contributed by atoms with Crippen LogP contribution in [0.4, 0.5) is 28.4 Å². The lowest BCUT2D eigenvalue weighted by molar-refractivity contribution is 0.367. The van der Waals surface area contributed by atoms with Crippen LogP contribution in [0.15, 0.2) is 270 Å². The maximum atomic E-state index is 6.87. The van der Waals surface area contributed by atoms with E-state index in [1.54, 1.807) is 0 Å². The molecule has 4 heteroatoms. The summed E-state index contributed by atoms with van der Waals surface area (Å²) in [5, 5.41) is 6.73. The van der Waals surface area contributed by atoms with E-state index in [-0.39, 0.29) is 0 Å². The van der Waals surface area contributed by atoms with Crippen LogP contribution in [-0.4, -0.2) is 0 Å². The van der Waals surface area contributed by atoms with E-state index in [0.717, 1.165) is 89.1 Å². The zero-order chi connectivity index (χ0) is 51.6. The number of fused-ring (bicyclic) bond motifs is 12. The van der Waals surface area contributed by atoms with Gasteiger partial charge in [-0.25, -0.2) is 0 Å². The van der Waals surface area contributed by atoms with E-state index in [1.807, 2.05) is 18.2 Å². The number of furan rings is 2. The molecule has 2 heterocycles. The summed E-state index contributed by atoms with van der Waals surface area (Å²) in [6.45, 7) is 12.4. The van der Waals surface area contributed by atoms with Crippen LogP contribution < -0.4 is 9.80 Å². The smallest absolute Gasteiger partial charge is 0.159 e. The predicted molar refractivity (Wildman–Crippen MR) is 321 cm³/mol. The van der Waals surface area contributed by atoms with Gasteiger partial charge in [0.25, 0.3) is 0 Å². The van der Waals surface area contributed by atoms with Crippen molar-refractivity contribution in [1.29, 1.82) is 0 Å². The molecular formula is C73H52N2O2. The largest absolute Gasteiger partial charge is 0.454 e. The second kappa shape index (κ2) is 16.9. The molecule has 2 unspecified atom stereocenters. The number of allylic oxidation sites excluding steroid dienone is 1. The summed E-state index contributed by atoms with van der Waals surface area (Å²) in [5.41, 5.74) is 20.6. The Morgan fingerprint density at radius 3 is 1.53 bits per heavy atom. The maximum Gasteiger partial charge on any atom is 0.159 e. The standard InChI is InChI=1S/C73H52N2O2/c1-46-68(54-33-13-11-29-50(54)47(2)74(48-25-7-5-8-26-48)63-41-23-37-56-52-31-17-21-43-66(52)76-70(56)63)58-35-15-19-39-60(58)72(46,3)73(4)61-40-20-16-36-59(61)69-55-34-14-12-30-51(55)65(45-62(69)73)75(49-27-9-6-10-28-49)64-42-24-38-57-53-32-18-22-44-67(53)77-71(57)64/h5-45H,2H2,1,3-4H3. The molecule has 2 aliphatic carbocycles. The number of anilines is 5. The summed E-state index contributed by atoms with van der Waals surface area (Å²) in [6.07, 6.45) is 0. The first-order chi connectivity index (χ1) is 37.8. The van der Waals surface area contributed by atoms with Gasteiger partial charge in [0.15, 0.2) is 11.2 Å². The topological polar surface area (TPSA) is 32.8 Å². The van der Waals surface area contributed by atoms with Gasteiger partial charge in [0.1, 0.15) is 11.2 Å². The van der Waals surface area contributed by atoms with Crippen LogP contribution in [0.2, 0.25) is 0 Å². The number of nitrogens with zero attached hydrogens (tertiary/aromatic N) is 2. The van der Waals surface area contributed by atoms with Crippen molar-refractivity contribution in [3.63, 3.8) is 0 Å². The highest BCUT2D eigenvalue weighted by molar-refractivity contribution is 6.15. The zero-order valence-electron chi connectivity index (χ0n) is 43.1. The van der Waals surface area contributed by atoms with Crippen molar-refractivity contribution in [2.24, 2.45) is 0 Å². The lowest BCUT2D eigenvalue weighted by Crippen LogP contribution is -2.44. The molecule has 77 heavy (non-hydrogen) atoms. The number of hydrogen-bond donors (Lipinski definition) is 0. The molecule has 0 saturated carbocycles. The molecule has 2 atom stereocenters. The molecule has 2 aromatic heterocycles. The van der Waals surface area contributed by atoms with Crippen LogP contribution in [0, 0.1) is 0 Å². The molecule has 0 amide bonds. The van der Waals surface area contributed by atoms with Gasteiger partial charge >= 0.3 is 0 Å². The second-order valence-electron chi connectivity index (χ2n) is 21.0. The molecule has 0 fully saturated rings. The SMILES string of the molecule is C=C(c1ccccc1C1=C(C)C(C)(C2(C)c3ccccc3-c3c2cc(N(c2ccccc2)c2cccc4c2oc2ccccc24)c2ccccc32)c2ccccc21)N(c1ccccc1)c1cccc2c1oc1ccccc12. The number of benzene rings is 11. The van der Waals surface area contributed by atoms with Crippen molar-refractivity contribution >= 4 is 94.4 Å². The minimum absolute atomic E-state index is 0.552. The fraction of sp³-hybridized carbons (Fsp3) is 0.0685. The third-order valence-electron chi connectivity index (χ3n) is 17.5. The molecule has 4 nitrogen and oxygen atoms in total. The van der Waals surface area contributed by atoms with E-state index < -0.39 is 10.8 Å². The molecule has 0 radical (unpaired) electrons. The monoisotopic (exact) mass is 988 g/mol. The molecule has 13 aromatic rings. The van der Waals surface area contributed by atoms with Crippen LogP contribution >= 0.6 is 0 Å². The van der Waals surface area contributed by atoms with E-state index in [1.165, 1.54) is 55.3 Å². The lowest BCUT2D eigenvalue weighted by atomic mass is 9.56. The molecule has 366 valence electrons. The highest BCUT2D eigenvalue weighted by atomic mass is 16.3. The van der Waals surface area contributed by atoms with Crippen molar-refractivity contribution in [3.8, 4) is 11.1 Å². The first-order valence-corrected chi connectivity index (χ1v) is 26.6. The third-order valence-corrected chi connectivity index (χ3v) is 17.5. The van der Waals surface area contributed by atoms with Crippen LogP contribution in [-0.2, 0) is 10.8 Å². The third kappa shape index (κ3) is 6.27. The molecule has 0 N–H and O–H groups in total. The highest BCUT2D eigenvalue weighted by Gasteiger charge is 2.58. The van der Waals surface area contributed by atoms with Gasteiger partial charge in [-0.1, -0.05) is 220 Å². The Bertz CT molecular complexity index is 4600. The fourth-order valence-electron chi connectivity index (χ4n) is 13.7. The minimum Gasteiger partial charge on any atom is -0.454 e. The molecule has 11 aromatic carbocycles. The van der Waals surface area contributed by atoms with Crippen molar-refractivity contribution in [3.05, 3.63) is 294 Å². The first-order valence-electron chi connectivity index (χ1n) is 26.6. The van der Waals surface area contributed by atoms with Gasteiger partial charge in [-0.05, 0) is 111 Å². The highest BCUT2D eigenvalue weighted by Crippen LogP contribution is 2.66. The normalized spacial score (nSPS) is 16.6. The van der Waals surface area contributed by atoms with E-state index in [2.05, 4.69) is 261 Å². The first kappa shape index (κ1) is 44.8. The predicted octanol–water partition coefficient (Wildman–Crippen LogP) is 20.0. The number of para-hydroxylation sites is 6. The van der Waals surface area contributed by atoms with Crippen molar-refractivity contribution < 1.29 is 8.83 Å². The molecule has 0 saturated heterocycles. The van der Waals surface area contributed by atoms with Gasteiger partial charge in [0.2, 0.25) is 0 Å². The summed E-state index contributed by atoms with van der Waals surface area (Å²) in [7, 11) is 0. The van der Waals surface area contributed by atoms with Crippen LogP contribution in [0.1, 0.15) is 54.2 Å². The molecule has 0 bridgehead atoms. The van der Waals surface area contributed by atoms with E-state index in [4.69, 9.17) is 15.4 Å². The summed E-state index contributed by atoms with van der Waals surface area (Å²) >= 11 is 0. The summed E-state index contributed by atoms with van der Waals surface area (Å²) < 4.78 is 13.6. The van der Waals surface area contributed by atoms with E-state index in [9.17, 15) is 0 Å². The van der Waals surface area contributed by atoms with Crippen molar-refractivity contribution in [2.75, 3.05) is 9.80 Å². The van der Waals surface area contributed by atoms with Crippen LogP contribution in [0.3, 0.4) is 0 Å². The summed E-state index contributed by atoms with van der Waals surface area (Å²) in [6, 6.07) is 89.7. The average Bonchev–Trinajstić information content (AvgIpc) is 4.26. The Hall–Kier alpha value is -9.64. The Balaban J connectivity index is 0.967. The Labute approximate surface area is 447 Å². The quantitative estimate of drug-likeness (QED) is 0.144. The van der Waals surface area contributed by atoms with Gasteiger partial charge in [0, 0.05) is 60.4 Å². The zero-order valence-corrected chi connectivity index (χ0v) is 43.1. The number of hydrogen-bond acceptors (Lipinski definition) is 4. The second-order valence-corrected chi connectivity index (χ2v) is 21.0. The van der Waals surface area contributed by atoms with Gasteiger partial charge < -0.3 is 18.6 Å². The fourth-order valence-corrected chi connectivity index (χ4v) is 13.7. The molecule has 0 spiro atoms. The molecule has 0 aliphatic heterocycles. The lowest BCUT2D eigenvalue weighted by Gasteiger charge is -2.46. The van der Waals surface area contributed by atoms with Crippen LogP contribution in [0.5, 0.6) is 0 Å². The maximum absolute atomic E-state index is 6.87. The van der Waals surface area contributed by atoms with Gasteiger partial charge in [-0.3, -0.25) is 0 Å². The van der Waals surface area contributed by atoms with Crippen LogP contribution in [0.25, 0.3) is 77.0 Å². The Morgan fingerprint density at radius 1 is 0.390 bits per heavy atom. The molecule has 2 aliphatic rings.